The fraction of sp³-hybridized carbons (Fsp3) is 0. The van der Waals surface area contributed by atoms with Crippen molar-refractivity contribution in [2.24, 2.45) is 5.10 Å². The molecular weight excluding hydrogens is 419 g/mol. The van der Waals surface area contributed by atoms with Crippen molar-refractivity contribution in [3.05, 3.63) is 67.4 Å². The molecule has 0 spiro atoms. The number of amides is 1. The fourth-order valence-corrected chi connectivity index (χ4v) is 3.96. The second-order valence-corrected chi connectivity index (χ2v) is 7.42. The van der Waals surface area contributed by atoms with Gasteiger partial charge in [-0.2, -0.15) is 5.10 Å². The van der Waals surface area contributed by atoms with Gasteiger partial charge in [0.05, 0.1) is 11.2 Å². The summed E-state index contributed by atoms with van der Waals surface area (Å²) in [5.41, 5.74) is 3.36. The van der Waals surface area contributed by atoms with Crippen LogP contribution in [-0.4, -0.2) is 12.1 Å². The summed E-state index contributed by atoms with van der Waals surface area (Å²) >= 11 is 16.9. The zero-order chi connectivity index (χ0) is 16.4. The van der Waals surface area contributed by atoms with E-state index in [0.29, 0.717) is 14.9 Å². The van der Waals surface area contributed by atoms with Crippen LogP contribution in [0.4, 0.5) is 0 Å². The number of benzene rings is 2. The first-order chi connectivity index (χ1) is 11.0. The van der Waals surface area contributed by atoms with Crippen LogP contribution in [0.25, 0.3) is 10.1 Å². The van der Waals surface area contributed by atoms with Crippen molar-refractivity contribution in [3.8, 4) is 0 Å². The predicted molar refractivity (Wildman–Crippen MR) is 101 cm³/mol. The van der Waals surface area contributed by atoms with Crippen molar-refractivity contribution < 1.29 is 4.79 Å². The SMILES string of the molecule is O=C(N/N=C/c1cccc(Br)c1)c1sc2ccc(Cl)cc2c1Cl. The molecule has 0 aliphatic heterocycles. The lowest BCUT2D eigenvalue weighted by molar-refractivity contribution is 0.0959. The van der Waals surface area contributed by atoms with Crippen molar-refractivity contribution in [3.63, 3.8) is 0 Å². The van der Waals surface area contributed by atoms with Crippen molar-refractivity contribution >= 4 is 72.7 Å². The van der Waals surface area contributed by atoms with Crippen LogP contribution >= 0.6 is 50.5 Å². The quantitative estimate of drug-likeness (QED) is 0.420. The molecule has 23 heavy (non-hydrogen) atoms. The van der Waals surface area contributed by atoms with E-state index in [9.17, 15) is 4.79 Å². The number of nitrogens with zero attached hydrogens (tertiary/aromatic N) is 1. The normalized spacial score (nSPS) is 11.3. The zero-order valence-corrected chi connectivity index (χ0v) is 15.4. The number of hydrogen-bond acceptors (Lipinski definition) is 3. The number of hydrazone groups is 1. The summed E-state index contributed by atoms with van der Waals surface area (Å²) in [6.07, 6.45) is 1.57. The van der Waals surface area contributed by atoms with Gasteiger partial charge in [-0.3, -0.25) is 4.79 Å². The van der Waals surface area contributed by atoms with Crippen molar-refractivity contribution in [2.45, 2.75) is 0 Å². The van der Waals surface area contributed by atoms with E-state index in [1.54, 1.807) is 18.3 Å². The van der Waals surface area contributed by atoms with E-state index < -0.39 is 0 Å². The summed E-state index contributed by atoms with van der Waals surface area (Å²) in [4.78, 5) is 12.6. The predicted octanol–water partition coefficient (Wildman–Crippen LogP) is 5.73. The average molecular weight is 428 g/mol. The van der Waals surface area contributed by atoms with Crippen LogP contribution in [0, 0.1) is 0 Å². The monoisotopic (exact) mass is 426 g/mol. The van der Waals surface area contributed by atoms with Gasteiger partial charge >= 0.3 is 0 Å². The molecule has 116 valence electrons. The third-order valence-electron chi connectivity index (χ3n) is 3.02. The molecule has 0 radical (unpaired) electrons. The van der Waals surface area contributed by atoms with Crippen LogP contribution in [0.15, 0.2) is 52.0 Å². The molecule has 1 heterocycles. The first kappa shape index (κ1) is 16.5. The Hall–Kier alpha value is -1.40. The number of hydrogen-bond donors (Lipinski definition) is 1. The lowest BCUT2D eigenvalue weighted by atomic mass is 10.2. The minimum atomic E-state index is -0.349. The van der Waals surface area contributed by atoms with Gasteiger partial charge in [-0.25, -0.2) is 5.43 Å². The molecular formula is C16H9BrCl2N2OS. The maximum absolute atomic E-state index is 12.2. The van der Waals surface area contributed by atoms with Crippen LogP contribution in [0.2, 0.25) is 10.0 Å². The molecule has 0 saturated carbocycles. The Morgan fingerprint density at radius 1 is 1.22 bits per heavy atom. The van der Waals surface area contributed by atoms with Crippen LogP contribution in [0.3, 0.4) is 0 Å². The Morgan fingerprint density at radius 3 is 2.83 bits per heavy atom. The van der Waals surface area contributed by atoms with E-state index in [1.807, 2.05) is 30.3 Å². The third-order valence-corrected chi connectivity index (χ3v) is 5.43. The van der Waals surface area contributed by atoms with Gasteiger partial charge in [0.2, 0.25) is 0 Å². The van der Waals surface area contributed by atoms with Gasteiger partial charge in [0.15, 0.2) is 0 Å². The van der Waals surface area contributed by atoms with E-state index in [0.717, 1.165) is 20.1 Å². The Labute approximate surface area is 155 Å². The maximum Gasteiger partial charge on any atom is 0.283 e. The van der Waals surface area contributed by atoms with Gasteiger partial charge < -0.3 is 0 Å². The van der Waals surface area contributed by atoms with Gasteiger partial charge in [0.25, 0.3) is 5.91 Å². The van der Waals surface area contributed by atoms with Crippen LogP contribution in [0.1, 0.15) is 15.2 Å². The van der Waals surface area contributed by atoms with Crippen molar-refractivity contribution in [1.82, 2.24) is 5.43 Å². The number of carbonyl (C=O) groups is 1. The second-order valence-electron chi connectivity index (χ2n) is 4.64. The zero-order valence-electron chi connectivity index (χ0n) is 11.5. The first-order valence-electron chi connectivity index (χ1n) is 6.51. The van der Waals surface area contributed by atoms with E-state index in [-0.39, 0.29) is 5.91 Å². The first-order valence-corrected chi connectivity index (χ1v) is 8.87. The Bertz CT molecular complexity index is 924. The summed E-state index contributed by atoms with van der Waals surface area (Å²) in [5, 5.41) is 5.70. The molecule has 3 rings (SSSR count). The summed E-state index contributed by atoms with van der Waals surface area (Å²) in [7, 11) is 0. The highest BCUT2D eigenvalue weighted by molar-refractivity contribution is 9.10. The molecule has 0 atom stereocenters. The van der Waals surface area contributed by atoms with Gasteiger partial charge in [-0.1, -0.05) is 51.3 Å². The Morgan fingerprint density at radius 2 is 2.04 bits per heavy atom. The van der Waals surface area contributed by atoms with Gasteiger partial charge in [-0.05, 0) is 35.9 Å². The average Bonchev–Trinajstić information content (AvgIpc) is 2.84. The second kappa shape index (κ2) is 7.01. The molecule has 1 aromatic heterocycles. The number of carbonyl (C=O) groups excluding carboxylic acids is 1. The Balaban J connectivity index is 1.80. The summed E-state index contributed by atoms with van der Waals surface area (Å²) in [6.45, 7) is 0. The number of halogens is 3. The van der Waals surface area contributed by atoms with Gasteiger partial charge in [0, 0.05) is 19.6 Å². The molecule has 0 fully saturated rings. The smallest absolute Gasteiger partial charge is 0.266 e. The third kappa shape index (κ3) is 3.75. The highest BCUT2D eigenvalue weighted by Crippen LogP contribution is 2.36. The van der Waals surface area contributed by atoms with Crippen LogP contribution in [0.5, 0.6) is 0 Å². The molecule has 0 saturated heterocycles. The van der Waals surface area contributed by atoms with Crippen LogP contribution in [-0.2, 0) is 0 Å². The molecule has 7 heteroatoms. The molecule has 3 nitrogen and oxygen atoms in total. The van der Waals surface area contributed by atoms with Crippen LogP contribution < -0.4 is 5.43 Å². The highest BCUT2D eigenvalue weighted by Gasteiger charge is 2.16. The molecule has 1 N–H and O–H groups in total. The van der Waals surface area contributed by atoms with Crippen molar-refractivity contribution in [2.75, 3.05) is 0 Å². The standard InChI is InChI=1S/C16H9BrCl2N2OS/c17-10-3-1-2-9(6-10)8-20-21-16(22)15-14(19)12-7-11(18)4-5-13(12)23-15/h1-8H,(H,21,22)/b20-8+. The number of nitrogens with one attached hydrogen (secondary N) is 1. The highest BCUT2D eigenvalue weighted by atomic mass is 79.9. The molecule has 0 bridgehead atoms. The summed E-state index contributed by atoms with van der Waals surface area (Å²) in [5.74, 6) is -0.349. The summed E-state index contributed by atoms with van der Waals surface area (Å²) in [6, 6.07) is 12.9. The number of rotatable bonds is 3. The summed E-state index contributed by atoms with van der Waals surface area (Å²) < 4.78 is 1.85. The molecule has 0 aliphatic carbocycles. The van der Waals surface area contributed by atoms with Gasteiger partial charge in [-0.15, -0.1) is 11.3 Å². The van der Waals surface area contributed by atoms with E-state index in [1.165, 1.54) is 11.3 Å². The maximum atomic E-state index is 12.2. The topological polar surface area (TPSA) is 41.5 Å². The minimum Gasteiger partial charge on any atom is -0.266 e. The fourth-order valence-electron chi connectivity index (χ4n) is 1.99. The number of fused-ring (bicyclic) bond motifs is 1. The molecule has 0 unspecified atom stereocenters. The lowest BCUT2D eigenvalue weighted by Crippen LogP contribution is -2.16. The molecule has 0 aliphatic rings. The lowest BCUT2D eigenvalue weighted by Gasteiger charge is -1.98. The molecule has 1 amide bonds. The van der Waals surface area contributed by atoms with Gasteiger partial charge in [0.1, 0.15) is 4.88 Å². The largest absolute Gasteiger partial charge is 0.283 e. The number of thiophene rings is 1. The van der Waals surface area contributed by atoms with Crippen molar-refractivity contribution in [1.29, 1.82) is 0 Å². The van der Waals surface area contributed by atoms with E-state index in [4.69, 9.17) is 23.2 Å². The Kier molecular flexibility index (Phi) is 5.02. The minimum absolute atomic E-state index is 0.349. The van der Waals surface area contributed by atoms with E-state index >= 15 is 0 Å². The molecule has 2 aromatic carbocycles. The van der Waals surface area contributed by atoms with E-state index in [2.05, 4.69) is 26.5 Å². The molecule has 3 aromatic rings.